The summed E-state index contributed by atoms with van der Waals surface area (Å²) in [4.78, 5) is 32.7. The lowest BCUT2D eigenvalue weighted by Crippen LogP contribution is -2.46. The summed E-state index contributed by atoms with van der Waals surface area (Å²) in [6, 6.07) is 1.70. The summed E-state index contributed by atoms with van der Waals surface area (Å²) in [5.74, 6) is 0. The predicted molar refractivity (Wildman–Crippen MR) is 88.1 cm³/mol. The van der Waals surface area contributed by atoms with Gasteiger partial charge in [0.1, 0.15) is 0 Å². The number of urea groups is 1. The van der Waals surface area contributed by atoms with Crippen molar-refractivity contribution in [1.29, 1.82) is 0 Å². The SMILES string of the molecule is CCN(C(=O)NCc1cc(=O)[nH]c(SC)n1)C1CCCCC1. The summed E-state index contributed by atoms with van der Waals surface area (Å²) in [6.07, 6.45) is 7.68. The quantitative estimate of drug-likeness (QED) is 0.644. The number of carbonyl (C=O) groups excluding carboxylic acids is 1. The number of hydrogen-bond acceptors (Lipinski definition) is 4. The number of hydrogen-bond donors (Lipinski definition) is 2. The molecule has 22 heavy (non-hydrogen) atoms. The maximum atomic E-state index is 12.4. The van der Waals surface area contributed by atoms with E-state index in [0.29, 0.717) is 23.4 Å². The van der Waals surface area contributed by atoms with Crippen LogP contribution in [0.4, 0.5) is 4.79 Å². The Morgan fingerprint density at radius 3 is 2.82 bits per heavy atom. The van der Waals surface area contributed by atoms with Crippen molar-refractivity contribution in [3.8, 4) is 0 Å². The maximum absolute atomic E-state index is 12.4. The van der Waals surface area contributed by atoms with Crippen LogP contribution in [0.15, 0.2) is 16.0 Å². The third-order valence-corrected chi connectivity index (χ3v) is 4.58. The van der Waals surface area contributed by atoms with Gasteiger partial charge in [0.2, 0.25) is 0 Å². The molecule has 2 N–H and O–H groups in total. The summed E-state index contributed by atoms with van der Waals surface area (Å²) in [6.45, 7) is 2.99. The normalized spacial score (nSPS) is 15.5. The molecule has 1 aliphatic carbocycles. The number of rotatable bonds is 5. The highest BCUT2D eigenvalue weighted by atomic mass is 32.2. The molecule has 122 valence electrons. The number of nitrogens with one attached hydrogen (secondary N) is 2. The van der Waals surface area contributed by atoms with E-state index in [9.17, 15) is 9.59 Å². The highest BCUT2D eigenvalue weighted by Crippen LogP contribution is 2.22. The van der Waals surface area contributed by atoms with Gasteiger partial charge in [-0.1, -0.05) is 31.0 Å². The van der Waals surface area contributed by atoms with Crippen LogP contribution in [0.25, 0.3) is 0 Å². The number of carbonyl (C=O) groups is 1. The van der Waals surface area contributed by atoms with Crippen molar-refractivity contribution in [2.75, 3.05) is 12.8 Å². The first-order chi connectivity index (χ1) is 10.6. The van der Waals surface area contributed by atoms with Crippen LogP contribution >= 0.6 is 11.8 Å². The summed E-state index contributed by atoms with van der Waals surface area (Å²) < 4.78 is 0. The highest BCUT2D eigenvalue weighted by Gasteiger charge is 2.23. The Balaban J connectivity index is 1.95. The zero-order chi connectivity index (χ0) is 15.9. The molecule has 1 heterocycles. The van der Waals surface area contributed by atoms with Gasteiger partial charge in [-0.25, -0.2) is 9.78 Å². The van der Waals surface area contributed by atoms with E-state index < -0.39 is 0 Å². The van der Waals surface area contributed by atoms with E-state index in [0.717, 1.165) is 12.8 Å². The van der Waals surface area contributed by atoms with Crippen molar-refractivity contribution in [2.45, 2.75) is 56.8 Å². The first kappa shape index (κ1) is 16.9. The topological polar surface area (TPSA) is 78.1 Å². The molecule has 0 aromatic carbocycles. The van der Waals surface area contributed by atoms with E-state index in [1.807, 2.05) is 18.1 Å². The van der Waals surface area contributed by atoms with Gasteiger partial charge in [-0.15, -0.1) is 0 Å². The minimum absolute atomic E-state index is 0.0674. The second kappa shape index (κ2) is 8.22. The summed E-state index contributed by atoms with van der Waals surface area (Å²) in [5, 5.41) is 3.45. The summed E-state index contributed by atoms with van der Waals surface area (Å²) >= 11 is 1.38. The van der Waals surface area contributed by atoms with Crippen molar-refractivity contribution in [2.24, 2.45) is 0 Å². The van der Waals surface area contributed by atoms with Crippen molar-refractivity contribution in [3.63, 3.8) is 0 Å². The number of aromatic amines is 1. The molecule has 6 nitrogen and oxygen atoms in total. The Kier molecular flexibility index (Phi) is 6.30. The zero-order valence-corrected chi connectivity index (χ0v) is 14.0. The number of amides is 2. The number of aromatic nitrogens is 2. The van der Waals surface area contributed by atoms with Gasteiger partial charge >= 0.3 is 6.03 Å². The Hall–Kier alpha value is -1.50. The van der Waals surface area contributed by atoms with Gasteiger partial charge in [-0.05, 0) is 26.0 Å². The second-order valence-corrected chi connectivity index (χ2v) is 6.28. The lowest BCUT2D eigenvalue weighted by molar-refractivity contribution is 0.159. The Morgan fingerprint density at radius 1 is 1.45 bits per heavy atom. The van der Waals surface area contributed by atoms with Gasteiger partial charge in [0, 0.05) is 18.7 Å². The minimum Gasteiger partial charge on any atom is -0.332 e. The molecule has 1 saturated carbocycles. The molecule has 1 fully saturated rings. The van der Waals surface area contributed by atoms with Gasteiger partial charge in [0.15, 0.2) is 5.16 Å². The Bertz CT molecular complexity index is 555. The monoisotopic (exact) mass is 324 g/mol. The molecule has 0 atom stereocenters. The zero-order valence-electron chi connectivity index (χ0n) is 13.2. The molecule has 1 aliphatic rings. The Labute approximate surface area is 135 Å². The van der Waals surface area contributed by atoms with Crippen LogP contribution in [0.3, 0.4) is 0 Å². The second-order valence-electron chi connectivity index (χ2n) is 5.48. The van der Waals surface area contributed by atoms with Crippen LogP contribution in [-0.4, -0.2) is 39.7 Å². The fraction of sp³-hybridized carbons (Fsp3) is 0.667. The third kappa shape index (κ3) is 4.50. The van der Waals surface area contributed by atoms with Gasteiger partial charge < -0.3 is 15.2 Å². The number of H-pyrrole nitrogens is 1. The van der Waals surface area contributed by atoms with Crippen LogP contribution < -0.4 is 10.9 Å². The summed E-state index contributed by atoms with van der Waals surface area (Å²) in [7, 11) is 0. The molecule has 1 aromatic heterocycles. The van der Waals surface area contributed by atoms with Crippen molar-refractivity contribution in [1.82, 2.24) is 20.2 Å². The molecule has 0 radical (unpaired) electrons. The van der Waals surface area contributed by atoms with E-state index in [-0.39, 0.29) is 18.1 Å². The molecule has 0 bridgehead atoms. The number of thioether (sulfide) groups is 1. The van der Waals surface area contributed by atoms with E-state index in [1.165, 1.54) is 37.1 Å². The molecule has 0 aliphatic heterocycles. The van der Waals surface area contributed by atoms with Gasteiger partial charge in [0.25, 0.3) is 5.56 Å². The first-order valence-corrected chi connectivity index (χ1v) is 9.05. The largest absolute Gasteiger partial charge is 0.332 e. The van der Waals surface area contributed by atoms with Crippen LogP contribution in [0, 0.1) is 0 Å². The standard InChI is InChI=1S/C15H24N4O2S/c1-3-19(12-7-5-4-6-8-12)15(21)16-10-11-9-13(20)18-14(17-11)22-2/h9,12H,3-8,10H2,1-2H3,(H,16,21)(H,17,18,20). The average molecular weight is 324 g/mol. The molecule has 1 aromatic rings. The van der Waals surface area contributed by atoms with Crippen molar-refractivity contribution < 1.29 is 4.79 Å². The van der Waals surface area contributed by atoms with E-state index >= 15 is 0 Å². The first-order valence-electron chi connectivity index (χ1n) is 7.82. The molecule has 0 saturated heterocycles. The van der Waals surface area contributed by atoms with Crippen LogP contribution in [0.1, 0.15) is 44.7 Å². The third-order valence-electron chi connectivity index (χ3n) is 4.00. The van der Waals surface area contributed by atoms with E-state index in [1.54, 1.807) is 0 Å². The lowest BCUT2D eigenvalue weighted by atomic mass is 9.94. The highest BCUT2D eigenvalue weighted by molar-refractivity contribution is 7.98. The van der Waals surface area contributed by atoms with Gasteiger partial charge in [-0.2, -0.15) is 0 Å². The molecular formula is C15H24N4O2S. The molecule has 2 rings (SSSR count). The Morgan fingerprint density at radius 2 is 2.18 bits per heavy atom. The molecule has 0 unspecified atom stereocenters. The molecular weight excluding hydrogens is 300 g/mol. The van der Waals surface area contributed by atoms with Crippen LogP contribution in [0.5, 0.6) is 0 Å². The minimum atomic E-state index is -0.191. The molecule has 2 amide bonds. The van der Waals surface area contributed by atoms with Crippen molar-refractivity contribution in [3.05, 3.63) is 22.1 Å². The van der Waals surface area contributed by atoms with Crippen LogP contribution in [0.2, 0.25) is 0 Å². The fourth-order valence-electron chi connectivity index (χ4n) is 2.90. The van der Waals surface area contributed by atoms with Crippen molar-refractivity contribution >= 4 is 17.8 Å². The van der Waals surface area contributed by atoms with E-state index in [4.69, 9.17) is 0 Å². The fourth-order valence-corrected chi connectivity index (χ4v) is 3.31. The van der Waals surface area contributed by atoms with Crippen LogP contribution in [-0.2, 0) is 6.54 Å². The predicted octanol–water partition coefficient (Wildman–Crippen LogP) is 2.36. The smallest absolute Gasteiger partial charge is 0.317 e. The van der Waals surface area contributed by atoms with E-state index in [2.05, 4.69) is 15.3 Å². The average Bonchev–Trinajstić information content (AvgIpc) is 2.54. The van der Waals surface area contributed by atoms with Gasteiger partial charge in [-0.3, -0.25) is 4.79 Å². The van der Waals surface area contributed by atoms with Gasteiger partial charge in [0.05, 0.1) is 12.2 Å². The summed E-state index contributed by atoms with van der Waals surface area (Å²) in [5.41, 5.74) is 0.393. The lowest BCUT2D eigenvalue weighted by Gasteiger charge is -2.33. The number of nitrogens with zero attached hydrogens (tertiary/aromatic N) is 2. The maximum Gasteiger partial charge on any atom is 0.317 e. The molecule has 0 spiro atoms. The molecule has 7 heteroatoms.